The van der Waals surface area contributed by atoms with Crippen LogP contribution in [-0.4, -0.2) is 31.0 Å². The van der Waals surface area contributed by atoms with Gasteiger partial charge in [-0.15, -0.1) is 11.6 Å². The van der Waals surface area contributed by atoms with E-state index in [1.165, 1.54) is 39.2 Å². The minimum Gasteiger partial charge on any atom is -0.468 e. The number of ether oxygens (including phenoxy) is 1. The van der Waals surface area contributed by atoms with Crippen molar-refractivity contribution >= 4 is 17.6 Å². The largest absolute Gasteiger partial charge is 0.468 e. The molecule has 0 spiro atoms. The Morgan fingerprint density at radius 1 is 1.50 bits per heavy atom. The lowest BCUT2D eigenvalue weighted by atomic mass is 9.95. The van der Waals surface area contributed by atoms with Gasteiger partial charge in [-0.25, -0.2) is 0 Å². The number of alkyl halides is 1. The predicted octanol–water partition coefficient (Wildman–Crippen LogP) is 1.69. The minimum atomic E-state index is -0.554. The summed E-state index contributed by atoms with van der Waals surface area (Å²) < 4.78 is 4.54. The summed E-state index contributed by atoms with van der Waals surface area (Å²) in [7, 11) is 1.36. The molecule has 1 aliphatic rings. The van der Waals surface area contributed by atoms with E-state index in [0.717, 1.165) is 0 Å². The molecule has 0 heterocycles. The molecular formula is C10H18ClNO2. The van der Waals surface area contributed by atoms with E-state index in [0.29, 0.717) is 12.6 Å². The van der Waals surface area contributed by atoms with E-state index < -0.39 is 5.38 Å². The molecule has 0 aliphatic heterocycles. The van der Waals surface area contributed by atoms with Gasteiger partial charge in [0.15, 0.2) is 0 Å². The fraction of sp³-hybridized carbons (Fsp3) is 0.900. The lowest BCUT2D eigenvalue weighted by Crippen LogP contribution is -2.38. The van der Waals surface area contributed by atoms with E-state index >= 15 is 0 Å². The summed E-state index contributed by atoms with van der Waals surface area (Å²) in [6.07, 6.45) is 6.29. The number of esters is 1. The topological polar surface area (TPSA) is 38.3 Å². The summed E-state index contributed by atoms with van der Waals surface area (Å²) in [6.45, 7) is 0.513. The molecule has 1 rings (SSSR count). The van der Waals surface area contributed by atoms with E-state index in [4.69, 9.17) is 11.6 Å². The number of nitrogens with one attached hydrogen (secondary N) is 1. The van der Waals surface area contributed by atoms with Crippen LogP contribution in [0.5, 0.6) is 0 Å². The molecule has 1 aliphatic carbocycles. The normalized spacial score (nSPS) is 20.4. The smallest absolute Gasteiger partial charge is 0.325 e. The van der Waals surface area contributed by atoms with Gasteiger partial charge in [-0.3, -0.25) is 4.79 Å². The molecule has 1 atom stereocenters. The van der Waals surface area contributed by atoms with Crippen LogP contribution in [0.4, 0.5) is 0 Å². The number of carbonyl (C=O) groups excluding carboxylic acids is 1. The molecule has 0 bridgehead atoms. The van der Waals surface area contributed by atoms with Crippen molar-refractivity contribution in [3.05, 3.63) is 0 Å². The Balaban J connectivity index is 2.15. The van der Waals surface area contributed by atoms with Crippen molar-refractivity contribution in [1.82, 2.24) is 5.32 Å². The summed E-state index contributed by atoms with van der Waals surface area (Å²) in [6, 6.07) is 0.537. The summed E-state index contributed by atoms with van der Waals surface area (Å²) >= 11 is 5.81. The monoisotopic (exact) mass is 219 g/mol. The van der Waals surface area contributed by atoms with Gasteiger partial charge >= 0.3 is 5.97 Å². The maximum Gasteiger partial charge on any atom is 0.325 e. The molecule has 1 fully saturated rings. The van der Waals surface area contributed by atoms with E-state index in [2.05, 4.69) is 10.1 Å². The Morgan fingerprint density at radius 3 is 2.71 bits per heavy atom. The molecule has 0 aromatic rings. The summed E-state index contributed by atoms with van der Waals surface area (Å²) in [5.74, 6) is -0.352. The summed E-state index contributed by atoms with van der Waals surface area (Å²) in [5.41, 5.74) is 0. The third kappa shape index (κ3) is 3.84. The van der Waals surface area contributed by atoms with Crippen LogP contribution in [0, 0.1) is 0 Å². The van der Waals surface area contributed by atoms with Gasteiger partial charge in [0.2, 0.25) is 0 Å². The zero-order chi connectivity index (χ0) is 10.4. The first kappa shape index (κ1) is 11.8. The Hall–Kier alpha value is -0.280. The van der Waals surface area contributed by atoms with Crippen LogP contribution >= 0.6 is 11.6 Å². The van der Waals surface area contributed by atoms with Crippen LogP contribution in [0.1, 0.15) is 32.1 Å². The average molecular weight is 220 g/mol. The minimum absolute atomic E-state index is 0.352. The zero-order valence-corrected chi connectivity index (χ0v) is 9.35. The van der Waals surface area contributed by atoms with E-state index in [9.17, 15) is 4.79 Å². The molecule has 0 saturated heterocycles. The third-order valence-corrected chi connectivity index (χ3v) is 2.98. The van der Waals surface area contributed by atoms with Crippen molar-refractivity contribution in [2.24, 2.45) is 0 Å². The lowest BCUT2D eigenvalue weighted by Gasteiger charge is -2.23. The SMILES string of the molecule is COC(=O)C(Cl)CNC1CCCCC1. The molecule has 0 aromatic heterocycles. The molecule has 1 saturated carbocycles. The number of carbonyl (C=O) groups is 1. The van der Waals surface area contributed by atoms with Crippen LogP contribution in [0.15, 0.2) is 0 Å². The Bertz CT molecular complexity index is 181. The van der Waals surface area contributed by atoms with Crippen LogP contribution in [0.25, 0.3) is 0 Å². The second-order valence-corrected chi connectivity index (χ2v) is 4.26. The fourth-order valence-corrected chi connectivity index (χ4v) is 1.97. The molecule has 0 radical (unpaired) electrons. The van der Waals surface area contributed by atoms with E-state index in [-0.39, 0.29) is 5.97 Å². The average Bonchev–Trinajstić information content (AvgIpc) is 2.26. The maximum atomic E-state index is 11.0. The Labute approximate surface area is 90.1 Å². The second-order valence-electron chi connectivity index (χ2n) is 3.73. The third-order valence-electron chi connectivity index (χ3n) is 2.65. The van der Waals surface area contributed by atoms with Crippen molar-refractivity contribution in [1.29, 1.82) is 0 Å². The molecule has 14 heavy (non-hydrogen) atoms. The molecular weight excluding hydrogens is 202 g/mol. The van der Waals surface area contributed by atoms with Gasteiger partial charge in [0.1, 0.15) is 5.38 Å². The summed E-state index contributed by atoms with van der Waals surface area (Å²) in [4.78, 5) is 11.0. The number of methoxy groups -OCH3 is 1. The van der Waals surface area contributed by atoms with Crippen molar-refractivity contribution in [2.45, 2.75) is 43.5 Å². The first-order chi connectivity index (χ1) is 6.74. The highest BCUT2D eigenvalue weighted by molar-refractivity contribution is 6.30. The van der Waals surface area contributed by atoms with Gasteiger partial charge in [-0.1, -0.05) is 19.3 Å². The number of rotatable bonds is 4. The molecule has 0 amide bonds. The number of halogens is 1. The first-order valence-electron chi connectivity index (χ1n) is 5.19. The lowest BCUT2D eigenvalue weighted by molar-refractivity contribution is -0.140. The summed E-state index contributed by atoms with van der Waals surface area (Å²) in [5, 5.41) is 2.75. The van der Waals surface area contributed by atoms with Gasteiger partial charge in [-0.05, 0) is 12.8 Å². The zero-order valence-electron chi connectivity index (χ0n) is 8.59. The Kier molecular flexibility index (Phi) is 5.26. The quantitative estimate of drug-likeness (QED) is 0.578. The van der Waals surface area contributed by atoms with E-state index in [1.54, 1.807) is 0 Å². The van der Waals surface area contributed by atoms with E-state index in [1.807, 2.05) is 0 Å². The van der Waals surface area contributed by atoms with Gasteiger partial charge in [0.25, 0.3) is 0 Å². The molecule has 4 heteroatoms. The second kappa shape index (κ2) is 6.25. The predicted molar refractivity (Wildman–Crippen MR) is 56.5 cm³/mol. The first-order valence-corrected chi connectivity index (χ1v) is 5.63. The van der Waals surface area contributed by atoms with Gasteiger partial charge in [0, 0.05) is 12.6 Å². The molecule has 82 valence electrons. The Morgan fingerprint density at radius 2 is 2.14 bits per heavy atom. The highest BCUT2D eigenvalue weighted by Crippen LogP contribution is 2.17. The highest BCUT2D eigenvalue weighted by Gasteiger charge is 2.18. The molecule has 1 N–H and O–H groups in total. The highest BCUT2D eigenvalue weighted by atomic mass is 35.5. The fourth-order valence-electron chi connectivity index (χ4n) is 1.79. The molecule has 1 unspecified atom stereocenters. The van der Waals surface area contributed by atoms with Gasteiger partial charge < -0.3 is 10.1 Å². The van der Waals surface area contributed by atoms with Crippen molar-refractivity contribution < 1.29 is 9.53 Å². The van der Waals surface area contributed by atoms with Crippen LogP contribution in [0.2, 0.25) is 0 Å². The van der Waals surface area contributed by atoms with Crippen LogP contribution in [0.3, 0.4) is 0 Å². The van der Waals surface area contributed by atoms with Crippen LogP contribution < -0.4 is 5.32 Å². The maximum absolute atomic E-state index is 11.0. The van der Waals surface area contributed by atoms with Crippen molar-refractivity contribution in [3.63, 3.8) is 0 Å². The number of hydrogen-bond acceptors (Lipinski definition) is 3. The molecule has 3 nitrogen and oxygen atoms in total. The van der Waals surface area contributed by atoms with Crippen molar-refractivity contribution in [3.8, 4) is 0 Å². The molecule has 0 aromatic carbocycles. The van der Waals surface area contributed by atoms with Crippen LogP contribution in [-0.2, 0) is 9.53 Å². The van der Waals surface area contributed by atoms with Gasteiger partial charge in [0.05, 0.1) is 7.11 Å². The number of hydrogen-bond donors (Lipinski definition) is 1. The van der Waals surface area contributed by atoms with Crippen molar-refractivity contribution in [2.75, 3.05) is 13.7 Å². The standard InChI is InChI=1S/C10H18ClNO2/c1-14-10(13)9(11)7-12-8-5-3-2-4-6-8/h8-9,12H,2-7H2,1H3. The van der Waals surface area contributed by atoms with Gasteiger partial charge in [-0.2, -0.15) is 0 Å².